The van der Waals surface area contributed by atoms with Crippen LogP contribution < -0.4 is 10.6 Å². The van der Waals surface area contributed by atoms with E-state index in [1.165, 1.54) is 0 Å². The molecule has 0 bridgehead atoms. The number of carbonyl (C=O) groups is 2. The second kappa shape index (κ2) is 7.64. The standard InChI is InChI=1S/C19H25N5O3/c1-12-15-8-14(10-22-18(15)27-23-12)19(26)24-7-3-4-13(11-24)9-21-17(25)16-5-2-6-20-16/h8,10,13,16,20H,2-7,9,11H2,1H3,(H,21,25). The van der Waals surface area contributed by atoms with Crippen molar-refractivity contribution in [2.24, 2.45) is 5.92 Å². The summed E-state index contributed by atoms with van der Waals surface area (Å²) in [6.45, 7) is 4.74. The van der Waals surface area contributed by atoms with E-state index < -0.39 is 0 Å². The lowest BCUT2D eigenvalue weighted by Crippen LogP contribution is -2.46. The third kappa shape index (κ3) is 3.80. The molecule has 4 rings (SSSR count). The fraction of sp³-hybridized carbons (Fsp3) is 0.579. The number of likely N-dealkylation sites (tertiary alicyclic amines) is 1. The van der Waals surface area contributed by atoms with E-state index in [0.717, 1.165) is 49.9 Å². The summed E-state index contributed by atoms with van der Waals surface area (Å²) >= 11 is 0. The van der Waals surface area contributed by atoms with Crippen molar-refractivity contribution < 1.29 is 14.1 Å². The van der Waals surface area contributed by atoms with Gasteiger partial charge in [0.2, 0.25) is 5.91 Å². The molecule has 144 valence electrons. The van der Waals surface area contributed by atoms with Gasteiger partial charge in [0.25, 0.3) is 11.6 Å². The number of rotatable bonds is 4. The fourth-order valence-corrected chi connectivity index (χ4v) is 3.94. The van der Waals surface area contributed by atoms with Crippen molar-refractivity contribution in [3.05, 3.63) is 23.5 Å². The van der Waals surface area contributed by atoms with Crippen molar-refractivity contribution in [3.8, 4) is 0 Å². The molecular formula is C19H25N5O3. The largest absolute Gasteiger partial charge is 0.354 e. The number of amides is 2. The van der Waals surface area contributed by atoms with Crippen molar-refractivity contribution in [2.75, 3.05) is 26.2 Å². The number of aromatic nitrogens is 2. The molecular weight excluding hydrogens is 346 g/mol. The van der Waals surface area contributed by atoms with Gasteiger partial charge in [-0.1, -0.05) is 5.16 Å². The number of pyridine rings is 1. The van der Waals surface area contributed by atoms with Crippen LogP contribution in [0.15, 0.2) is 16.8 Å². The first kappa shape index (κ1) is 17.9. The Balaban J connectivity index is 1.37. The number of nitrogens with zero attached hydrogens (tertiary/aromatic N) is 3. The minimum atomic E-state index is -0.0593. The van der Waals surface area contributed by atoms with Gasteiger partial charge >= 0.3 is 0 Å². The molecule has 2 amide bonds. The van der Waals surface area contributed by atoms with E-state index in [9.17, 15) is 9.59 Å². The highest BCUT2D eigenvalue weighted by molar-refractivity contribution is 5.97. The maximum Gasteiger partial charge on any atom is 0.257 e. The Labute approximate surface area is 157 Å². The van der Waals surface area contributed by atoms with Crippen molar-refractivity contribution in [2.45, 2.75) is 38.6 Å². The van der Waals surface area contributed by atoms with Crippen LogP contribution in [0.1, 0.15) is 41.7 Å². The van der Waals surface area contributed by atoms with E-state index in [-0.39, 0.29) is 23.8 Å². The third-order valence-corrected chi connectivity index (χ3v) is 5.50. The zero-order chi connectivity index (χ0) is 18.8. The Morgan fingerprint density at radius 2 is 2.26 bits per heavy atom. The number of hydrogen-bond acceptors (Lipinski definition) is 6. The van der Waals surface area contributed by atoms with Crippen LogP contribution in [-0.2, 0) is 4.79 Å². The lowest BCUT2D eigenvalue weighted by molar-refractivity contribution is -0.123. The van der Waals surface area contributed by atoms with E-state index in [0.29, 0.717) is 24.4 Å². The molecule has 2 aliphatic heterocycles. The van der Waals surface area contributed by atoms with Crippen LogP contribution in [0.2, 0.25) is 0 Å². The third-order valence-electron chi connectivity index (χ3n) is 5.50. The van der Waals surface area contributed by atoms with Crippen molar-refractivity contribution in [1.82, 2.24) is 25.7 Å². The van der Waals surface area contributed by atoms with Crippen molar-refractivity contribution >= 4 is 22.9 Å². The molecule has 27 heavy (non-hydrogen) atoms. The van der Waals surface area contributed by atoms with Crippen LogP contribution in [0, 0.1) is 12.8 Å². The molecule has 2 fully saturated rings. The number of aryl methyl sites for hydroxylation is 1. The summed E-state index contributed by atoms with van der Waals surface area (Å²) in [6.07, 6.45) is 5.46. The van der Waals surface area contributed by atoms with E-state index in [1.54, 1.807) is 12.3 Å². The Morgan fingerprint density at radius 3 is 3.07 bits per heavy atom. The van der Waals surface area contributed by atoms with Crippen molar-refractivity contribution in [3.63, 3.8) is 0 Å². The molecule has 0 saturated carbocycles. The number of carbonyl (C=O) groups excluding carboxylic acids is 2. The monoisotopic (exact) mass is 371 g/mol. The van der Waals surface area contributed by atoms with Gasteiger partial charge in [-0.05, 0) is 51.1 Å². The Hall–Kier alpha value is -2.48. The fourth-order valence-electron chi connectivity index (χ4n) is 3.94. The number of piperidine rings is 1. The molecule has 2 N–H and O–H groups in total. The first-order chi connectivity index (χ1) is 13.1. The molecule has 2 aromatic rings. The van der Waals surface area contributed by atoms with Crippen LogP contribution >= 0.6 is 0 Å². The van der Waals surface area contributed by atoms with E-state index in [4.69, 9.17) is 4.52 Å². The molecule has 0 radical (unpaired) electrons. The summed E-state index contributed by atoms with van der Waals surface area (Å²) in [5.41, 5.74) is 1.73. The van der Waals surface area contributed by atoms with Gasteiger partial charge in [-0.15, -0.1) is 0 Å². The van der Waals surface area contributed by atoms with Crippen LogP contribution in [0.4, 0.5) is 0 Å². The molecule has 0 spiro atoms. The summed E-state index contributed by atoms with van der Waals surface area (Å²) < 4.78 is 5.11. The van der Waals surface area contributed by atoms with E-state index in [2.05, 4.69) is 20.8 Å². The van der Waals surface area contributed by atoms with Gasteiger partial charge < -0.3 is 20.1 Å². The van der Waals surface area contributed by atoms with Gasteiger partial charge in [-0.3, -0.25) is 9.59 Å². The minimum Gasteiger partial charge on any atom is -0.354 e. The Bertz CT molecular complexity index is 843. The predicted octanol–water partition coefficient (Wildman–Crippen LogP) is 1.25. The molecule has 8 heteroatoms. The number of hydrogen-bond donors (Lipinski definition) is 2. The molecule has 2 aromatic heterocycles. The molecule has 0 aliphatic carbocycles. The number of fused-ring (bicyclic) bond motifs is 1. The zero-order valence-electron chi connectivity index (χ0n) is 15.5. The lowest BCUT2D eigenvalue weighted by Gasteiger charge is -2.33. The van der Waals surface area contributed by atoms with Crippen LogP contribution in [0.5, 0.6) is 0 Å². The first-order valence-electron chi connectivity index (χ1n) is 9.64. The van der Waals surface area contributed by atoms with Gasteiger partial charge in [0, 0.05) is 25.8 Å². The quantitative estimate of drug-likeness (QED) is 0.839. The van der Waals surface area contributed by atoms with Crippen LogP contribution in [0.25, 0.3) is 11.1 Å². The smallest absolute Gasteiger partial charge is 0.257 e. The highest BCUT2D eigenvalue weighted by Crippen LogP contribution is 2.21. The highest BCUT2D eigenvalue weighted by atomic mass is 16.5. The Morgan fingerprint density at radius 1 is 1.37 bits per heavy atom. The average molecular weight is 371 g/mol. The first-order valence-corrected chi connectivity index (χ1v) is 9.64. The lowest BCUT2D eigenvalue weighted by atomic mass is 9.97. The van der Waals surface area contributed by atoms with Gasteiger partial charge in [-0.2, -0.15) is 0 Å². The SMILES string of the molecule is Cc1noc2ncc(C(=O)N3CCCC(CNC(=O)C4CCCN4)C3)cc12. The molecule has 2 saturated heterocycles. The molecule has 2 aliphatic rings. The summed E-state index contributed by atoms with van der Waals surface area (Å²) in [4.78, 5) is 31.1. The second-order valence-corrected chi connectivity index (χ2v) is 7.50. The molecule has 4 heterocycles. The molecule has 0 aromatic carbocycles. The van der Waals surface area contributed by atoms with Crippen LogP contribution in [0.3, 0.4) is 0 Å². The highest BCUT2D eigenvalue weighted by Gasteiger charge is 2.27. The van der Waals surface area contributed by atoms with Crippen LogP contribution in [-0.4, -0.2) is 59.1 Å². The molecule has 8 nitrogen and oxygen atoms in total. The van der Waals surface area contributed by atoms with Crippen molar-refractivity contribution in [1.29, 1.82) is 0 Å². The normalized spacial score (nSPS) is 22.9. The maximum absolute atomic E-state index is 12.9. The van der Waals surface area contributed by atoms with Gasteiger partial charge in [0.05, 0.1) is 22.7 Å². The average Bonchev–Trinajstić information content (AvgIpc) is 3.36. The molecule has 2 atom stereocenters. The topological polar surface area (TPSA) is 100 Å². The van der Waals surface area contributed by atoms with E-state index in [1.807, 2.05) is 11.8 Å². The molecule has 2 unspecified atom stereocenters. The second-order valence-electron chi connectivity index (χ2n) is 7.50. The zero-order valence-corrected chi connectivity index (χ0v) is 15.5. The van der Waals surface area contributed by atoms with Gasteiger partial charge in [0.15, 0.2) is 0 Å². The van der Waals surface area contributed by atoms with E-state index >= 15 is 0 Å². The summed E-state index contributed by atoms with van der Waals surface area (Å²) in [5.74, 6) is 0.328. The Kier molecular flexibility index (Phi) is 5.07. The summed E-state index contributed by atoms with van der Waals surface area (Å²) in [7, 11) is 0. The maximum atomic E-state index is 12.9. The van der Waals surface area contributed by atoms with Gasteiger partial charge in [-0.25, -0.2) is 4.98 Å². The number of nitrogens with one attached hydrogen (secondary N) is 2. The minimum absolute atomic E-state index is 0.0292. The van der Waals surface area contributed by atoms with Gasteiger partial charge in [0.1, 0.15) is 0 Å². The predicted molar refractivity (Wildman–Crippen MR) is 99.2 cm³/mol. The summed E-state index contributed by atoms with van der Waals surface area (Å²) in [5, 5.41) is 10.9. The summed E-state index contributed by atoms with van der Waals surface area (Å²) in [6, 6.07) is 1.74.